The summed E-state index contributed by atoms with van der Waals surface area (Å²) in [6.07, 6.45) is 7.00. The number of allylic oxidation sites excluding steroid dienone is 2. The Balaban J connectivity index is 0.000000757. The third-order valence-corrected chi connectivity index (χ3v) is 6.35. The normalized spacial score (nSPS) is 23.3. The van der Waals surface area contributed by atoms with Gasteiger partial charge in [-0.25, -0.2) is 0 Å². The average molecular weight is 410 g/mol. The van der Waals surface area contributed by atoms with Crippen LogP contribution in [0.2, 0.25) is 0 Å². The lowest BCUT2D eigenvalue weighted by Crippen LogP contribution is -2.29. The molecule has 0 spiro atoms. The number of hydrogen-bond donors (Lipinski definition) is 0. The van der Waals surface area contributed by atoms with Gasteiger partial charge in [0.05, 0.1) is 18.0 Å². The smallest absolute Gasteiger partial charge is 0.168 e. The zero-order valence-electron chi connectivity index (χ0n) is 19.8. The minimum atomic E-state index is -0.232. The summed E-state index contributed by atoms with van der Waals surface area (Å²) in [6.45, 7) is 12.0. The Kier molecular flexibility index (Phi) is 9.20. The molecule has 0 amide bonds. The van der Waals surface area contributed by atoms with E-state index in [1.165, 1.54) is 36.8 Å². The summed E-state index contributed by atoms with van der Waals surface area (Å²) in [4.78, 5) is 29.8. The largest absolute Gasteiger partial charge is 0.298 e. The van der Waals surface area contributed by atoms with Gasteiger partial charge in [0.1, 0.15) is 5.78 Å². The molecule has 0 aromatic heterocycles. The molecule has 0 saturated heterocycles. The molecular weight excluding hydrogens is 370 g/mol. The van der Waals surface area contributed by atoms with Crippen LogP contribution in [0.5, 0.6) is 0 Å². The van der Waals surface area contributed by atoms with Gasteiger partial charge in [-0.15, -0.1) is 0 Å². The summed E-state index contributed by atoms with van der Waals surface area (Å²) in [5.41, 5.74) is 5.25. The van der Waals surface area contributed by atoms with Gasteiger partial charge in [0.25, 0.3) is 0 Å². The number of hydrogen-bond acceptors (Lipinski definition) is 3. The maximum Gasteiger partial charge on any atom is 0.168 e. The maximum absolute atomic E-state index is 12.7. The first kappa shape index (κ1) is 24.2. The van der Waals surface area contributed by atoms with E-state index in [1.54, 1.807) is 0 Å². The highest BCUT2D eigenvalue weighted by Gasteiger charge is 2.42. The lowest BCUT2D eigenvalue weighted by molar-refractivity contribution is -0.128. The van der Waals surface area contributed by atoms with Crippen molar-refractivity contribution in [2.24, 2.45) is 22.7 Å². The summed E-state index contributed by atoms with van der Waals surface area (Å²) in [5, 5.41) is 0. The zero-order valence-corrected chi connectivity index (χ0v) is 19.8. The van der Waals surface area contributed by atoms with Crippen molar-refractivity contribution in [3.8, 4) is 0 Å². The number of aliphatic imine (C=N–C) groups is 1. The topological polar surface area (TPSA) is 46.5 Å². The van der Waals surface area contributed by atoms with E-state index < -0.39 is 0 Å². The molecule has 3 aliphatic rings. The van der Waals surface area contributed by atoms with Crippen LogP contribution in [-0.2, 0) is 16.0 Å². The minimum absolute atomic E-state index is 0.00498. The summed E-state index contributed by atoms with van der Waals surface area (Å²) >= 11 is 0. The van der Waals surface area contributed by atoms with Crippen molar-refractivity contribution in [1.29, 1.82) is 0 Å². The van der Waals surface area contributed by atoms with Crippen molar-refractivity contribution in [3.63, 3.8) is 0 Å². The second-order valence-electron chi connectivity index (χ2n) is 8.29. The van der Waals surface area contributed by atoms with Crippen LogP contribution in [0.15, 0.2) is 40.5 Å². The SMILES string of the molecule is CC.CC.Cc1ccc(CC2C(CC3CCCC3)=NC3=C2C(=O)CC(=O)C3C)cc1. The van der Waals surface area contributed by atoms with E-state index in [4.69, 9.17) is 4.99 Å². The van der Waals surface area contributed by atoms with E-state index in [0.717, 1.165) is 29.8 Å². The number of carbonyl (C=O) groups is 2. The fourth-order valence-corrected chi connectivity index (χ4v) is 4.74. The summed E-state index contributed by atoms with van der Waals surface area (Å²) < 4.78 is 0. The molecular formula is C27H39NO2. The lowest BCUT2D eigenvalue weighted by atomic mass is 9.77. The predicted octanol–water partition coefficient (Wildman–Crippen LogP) is 6.67. The molecule has 1 aromatic carbocycles. The molecule has 4 rings (SSSR count). The van der Waals surface area contributed by atoms with Gasteiger partial charge in [0.15, 0.2) is 5.78 Å². The molecule has 2 unspecified atom stereocenters. The van der Waals surface area contributed by atoms with Gasteiger partial charge in [-0.3, -0.25) is 14.6 Å². The van der Waals surface area contributed by atoms with Gasteiger partial charge < -0.3 is 0 Å². The fraction of sp³-hybridized carbons (Fsp3) is 0.593. The van der Waals surface area contributed by atoms with Crippen LogP contribution in [0.3, 0.4) is 0 Å². The molecule has 1 saturated carbocycles. The van der Waals surface area contributed by atoms with Crippen LogP contribution in [-0.4, -0.2) is 17.3 Å². The first-order valence-electron chi connectivity index (χ1n) is 12.0. The second-order valence-corrected chi connectivity index (χ2v) is 8.29. The van der Waals surface area contributed by atoms with Crippen molar-refractivity contribution >= 4 is 17.3 Å². The van der Waals surface area contributed by atoms with E-state index in [9.17, 15) is 9.59 Å². The molecule has 3 nitrogen and oxygen atoms in total. The Labute approximate surface area is 183 Å². The van der Waals surface area contributed by atoms with E-state index in [-0.39, 0.29) is 29.8 Å². The van der Waals surface area contributed by atoms with Gasteiger partial charge in [0.2, 0.25) is 0 Å². The molecule has 1 fully saturated rings. The van der Waals surface area contributed by atoms with E-state index in [2.05, 4.69) is 31.2 Å². The number of Topliss-reactive ketones (excluding diaryl/α,β-unsaturated/α-hetero) is 2. The number of carbonyl (C=O) groups excluding carboxylic acids is 2. The van der Waals surface area contributed by atoms with E-state index in [1.807, 2.05) is 34.6 Å². The first-order valence-corrected chi connectivity index (χ1v) is 12.0. The molecule has 1 aliphatic heterocycles. The highest BCUT2D eigenvalue weighted by atomic mass is 16.1. The van der Waals surface area contributed by atoms with Crippen LogP contribution in [0, 0.1) is 24.7 Å². The minimum Gasteiger partial charge on any atom is -0.298 e. The summed E-state index contributed by atoms with van der Waals surface area (Å²) in [7, 11) is 0. The van der Waals surface area contributed by atoms with Crippen LogP contribution in [0.25, 0.3) is 0 Å². The molecule has 0 N–H and O–H groups in total. The number of rotatable bonds is 4. The van der Waals surface area contributed by atoms with Crippen molar-refractivity contribution in [2.45, 2.75) is 86.5 Å². The lowest BCUT2D eigenvalue weighted by Gasteiger charge is -2.22. The maximum atomic E-state index is 12.7. The van der Waals surface area contributed by atoms with E-state index in [0.29, 0.717) is 5.92 Å². The van der Waals surface area contributed by atoms with Crippen LogP contribution < -0.4 is 0 Å². The summed E-state index contributed by atoms with van der Waals surface area (Å²) in [6, 6.07) is 8.57. The quantitative estimate of drug-likeness (QED) is 0.521. The van der Waals surface area contributed by atoms with E-state index >= 15 is 0 Å². The van der Waals surface area contributed by atoms with Crippen LogP contribution >= 0.6 is 0 Å². The van der Waals surface area contributed by atoms with Crippen LogP contribution in [0.4, 0.5) is 0 Å². The number of benzene rings is 1. The van der Waals surface area contributed by atoms with Gasteiger partial charge in [-0.1, -0.05) is 83.2 Å². The molecule has 164 valence electrons. The van der Waals surface area contributed by atoms with Gasteiger partial charge >= 0.3 is 0 Å². The average Bonchev–Trinajstić information content (AvgIpc) is 3.40. The molecule has 1 aromatic rings. The third kappa shape index (κ3) is 5.36. The number of nitrogens with zero attached hydrogens (tertiary/aromatic N) is 1. The van der Waals surface area contributed by atoms with Crippen LogP contribution in [0.1, 0.15) is 84.3 Å². The first-order chi connectivity index (χ1) is 14.5. The third-order valence-electron chi connectivity index (χ3n) is 6.35. The molecule has 2 aliphatic carbocycles. The Morgan fingerprint density at radius 1 is 0.933 bits per heavy atom. The summed E-state index contributed by atoms with van der Waals surface area (Å²) in [5.74, 6) is 0.552. The molecule has 30 heavy (non-hydrogen) atoms. The molecule has 2 atom stereocenters. The Hall–Kier alpha value is -2.03. The second kappa shape index (κ2) is 11.4. The fourth-order valence-electron chi connectivity index (χ4n) is 4.74. The van der Waals surface area contributed by atoms with Crippen molar-refractivity contribution < 1.29 is 9.59 Å². The molecule has 3 heteroatoms. The Morgan fingerprint density at radius 2 is 1.53 bits per heavy atom. The monoisotopic (exact) mass is 409 g/mol. The van der Waals surface area contributed by atoms with Crippen molar-refractivity contribution in [2.75, 3.05) is 0 Å². The Morgan fingerprint density at radius 3 is 2.13 bits per heavy atom. The predicted molar refractivity (Wildman–Crippen MR) is 126 cm³/mol. The highest BCUT2D eigenvalue weighted by Crippen LogP contribution is 2.41. The Bertz CT molecular complexity index is 795. The number of aryl methyl sites for hydroxylation is 1. The van der Waals surface area contributed by atoms with Crippen molar-refractivity contribution in [1.82, 2.24) is 0 Å². The molecule has 0 radical (unpaired) electrons. The molecule has 1 heterocycles. The zero-order chi connectivity index (χ0) is 22.3. The van der Waals surface area contributed by atoms with Gasteiger partial charge in [-0.2, -0.15) is 0 Å². The standard InChI is InChI=1S/C23H27NO2.2C2H6/c1-14-7-9-17(10-8-14)11-18-19(12-16-5-3-4-6-16)24-23-15(2)20(25)13-21(26)22(18)23;2*1-2/h7-10,15-16,18H,3-6,11-13H2,1-2H3;2*1-2H3. The number of ketones is 2. The highest BCUT2D eigenvalue weighted by molar-refractivity contribution is 6.17. The molecule has 0 bridgehead atoms. The van der Waals surface area contributed by atoms with Crippen molar-refractivity contribution in [3.05, 3.63) is 46.7 Å². The van der Waals surface area contributed by atoms with Gasteiger partial charge in [0, 0.05) is 17.2 Å². The van der Waals surface area contributed by atoms with Gasteiger partial charge in [-0.05, 0) is 38.2 Å².